The maximum atomic E-state index is 11.9. The van der Waals surface area contributed by atoms with Gasteiger partial charge in [-0.3, -0.25) is 0 Å². The van der Waals surface area contributed by atoms with Crippen LogP contribution >= 0.6 is 12.6 Å². The lowest BCUT2D eigenvalue weighted by Crippen LogP contribution is -2.62. The number of hydrogen-bond donors (Lipinski definition) is 3. The van der Waals surface area contributed by atoms with Crippen molar-refractivity contribution in [3.8, 4) is 6.07 Å². The Hall–Kier alpha value is -3.07. The second-order valence-corrected chi connectivity index (χ2v) is 7.23. The van der Waals surface area contributed by atoms with Gasteiger partial charge in [-0.15, -0.1) is 12.6 Å². The zero-order valence-corrected chi connectivity index (χ0v) is 16.0. The Morgan fingerprint density at radius 3 is 2.11 bits per heavy atom. The number of pyridine rings is 1. The summed E-state index contributed by atoms with van der Waals surface area (Å²) >= 11 is 4.54. The van der Waals surface area contributed by atoms with Crippen LogP contribution in [-0.4, -0.2) is 5.11 Å². The number of nitriles is 1. The monoisotopic (exact) mass is 386 g/mol. The predicted octanol–water partition coefficient (Wildman–Crippen LogP) is 3.41. The van der Waals surface area contributed by atoms with Crippen molar-refractivity contribution in [3.63, 3.8) is 0 Å². The molecule has 4 nitrogen and oxygen atoms in total. The van der Waals surface area contributed by atoms with E-state index in [1.807, 2.05) is 95.8 Å². The van der Waals surface area contributed by atoms with Gasteiger partial charge >= 0.3 is 0 Å². The third-order valence-corrected chi connectivity index (χ3v) is 5.52. The molecule has 2 aromatic carbocycles. The number of hydrogen-bond acceptors (Lipinski definition) is 4. The molecule has 28 heavy (non-hydrogen) atoms. The van der Waals surface area contributed by atoms with Gasteiger partial charge in [-0.1, -0.05) is 66.7 Å². The van der Waals surface area contributed by atoms with Gasteiger partial charge in [0, 0.05) is 17.7 Å². The first-order valence-corrected chi connectivity index (χ1v) is 9.50. The third-order valence-electron chi connectivity index (χ3n) is 5.17. The minimum absolute atomic E-state index is 0.377. The largest absolute Gasteiger partial charge is 0.362 e. The Balaban J connectivity index is 2.01. The van der Waals surface area contributed by atoms with E-state index >= 15 is 0 Å². The molecular weight excluding hydrogens is 366 g/mol. The SMILES string of the molecule is N#CC1=C(S)NC(O)(c2ccccc2)C([n+]2ccccc2)C1c1ccccc1. The predicted molar refractivity (Wildman–Crippen MR) is 110 cm³/mol. The fourth-order valence-corrected chi connectivity index (χ4v) is 4.28. The van der Waals surface area contributed by atoms with Crippen LogP contribution in [0.1, 0.15) is 23.1 Å². The molecule has 1 aliphatic heterocycles. The van der Waals surface area contributed by atoms with Gasteiger partial charge < -0.3 is 10.4 Å². The molecule has 138 valence electrons. The lowest BCUT2D eigenvalue weighted by molar-refractivity contribution is -0.743. The Labute approximate surface area is 169 Å². The summed E-state index contributed by atoms with van der Waals surface area (Å²) in [5.41, 5.74) is 0.700. The highest BCUT2D eigenvalue weighted by atomic mass is 32.1. The average molecular weight is 387 g/mol. The van der Waals surface area contributed by atoms with Crippen LogP contribution in [0.2, 0.25) is 0 Å². The second-order valence-electron chi connectivity index (χ2n) is 6.79. The molecule has 0 saturated heterocycles. The Morgan fingerprint density at radius 1 is 0.929 bits per heavy atom. The molecule has 0 amide bonds. The van der Waals surface area contributed by atoms with Crippen LogP contribution in [0.4, 0.5) is 0 Å². The number of allylic oxidation sites excluding steroid dienone is 1. The van der Waals surface area contributed by atoms with Gasteiger partial charge in [0.2, 0.25) is 11.8 Å². The average Bonchev–Trinajstić information content (AvgIpc) is 2.75. The molecule has 0 bridgehead atoms. The lowest BCUT2D eigenvalue weighted by Gasteiger charge is -2.42. The quantitative estimate of drug-likeness (QED) is 0.478. The van der Waals surface area contributed by atoms with Crippen LogP contribution < -0.4 is 9.88 Å². The van der Waals surface area contributed by atoms with Crippen LogP contribution in [0.15, 0.2) is 102 Å². The molecule has 0 radical (unpaired) electrons. The number of thiol groups is 1. The van der Waals surface area contributed by atoms with Gasteiger partial charge in [-0.05, 0) is 5.56 Å². The minimum atomic E-state index is -1.45. The van der Waals surface area contributed by atoms with E-state index in [9.17, 15) is 10.4 Å². The summed E-state index contributed by atoms with van der Waals surface area (Å²) in [5.74, 6) is -0.377. The van der Waals surface area contributed by atoms with Crippen molar-refractivity contribution in [2.75, 3.05) is 0 Å². The fourth-order valence-electron chi connectivity index (χ4n) is 3.92. The summed E-state index contributed by atoms with van der Waals surface area (Å²) in [6.07, 6.45) is 3.82. The van der Waals surface area contributed by atoms with E-state index in [0.717, 1.165) is 5.56 Å². The molecule has 3 atom stereocenters. The summed E-state index contributed by atoms with van der Waals surface area (Å²) in [6, 6.07) is 26.8. The van der Waals surface area contributed by atoms with E-state index in [0.29, 0.717) is 16.2 Å². The third kappa shape index (κ3) is 3.07. The van der Waals surface area contributed by atoms with Crippen molar-refractivity contribution in [1.82, 2.24) is 5.32 Å². The highest BCUT2D eigenvalue weighted by molar-refractivity contribution is 7.84. The standard InChI is InChI=1S/C23H19N3OS/c24-16-19-20(17-10-4-1-5-11-17)21(26-14-8-3-9-15-26)23(27,25-22(19)28)18-12-6-2-7-13-18/h1-15,20-21,25,27H/p+1. The first-order valence-electron chi connectivity index (χ1n) is 9.05. The topological polar surface area (TPSA) is 59.9 Å². The highest BCUT2D eigenvalue weighted by Gasteiger charge is 2.55. The van der Waals surface area contributed by atoms with Crippen molar-refractivity contribution < 1.29 is 9.67 Å². The zero-order chi connectivity index (χ0) is 19.6. The number of benzene rings is 2. The molecule has 0 aliphatic carbocycles. The maximum Gasteiger partial charge on any atom is 0.227 e. The molecule has 3 aromatic rings. The number of rotatable bonds is 3. The van der Waals surface area contributed by atoms with Gasteiger partial charge in [0.25, 0.3) is 0 Å². The summed E-state index contributed by atoms with van der Waals surface area (Å²) in [5, 5.41) is 25.4. The minimum Gasteiger partial charge on any atom is -0.362 e. The van der Waals surface area contributed by atoms with E-state index in [2.05, 4.69) is 24.0 Å². The molecule has 0 spiro atoms. The van der Waals surface area contributed by atoms with Gasteiger partial charge in [0.15, 0.2) is 12.4 Å². The second kappa shape index (κ2) is 7.51. The zero-order valence-electron chi connectivity index (χ0n) is 15.1. The first-order chi connectivity index (χ1) is 13.6. The molecule has 0 saturated carbocycles. The van der Waals surface area contributed by atoms with Crippen LogP contribution in [0.5, 0.6) is 0 Å². The number of nitrogens with one attached hydrogen (secondary N) is 1. The maximum absolute atomic E-state index is 11.9. The number of aromatic nitrogens is 1. The Kier molecular flexibility index (Phi) is 4.91. The van der Waals surface area contributed by atoms with E-state index in [4.69, 9.17) is 0 Å². The smallest absolute Gasteiger partial charge is 0.227 e. The van der Waals surface area contributed by atoms with E-state index < -0.39 is 11.8 Å². The number of aliphatic hydroxyl groups is 1. The molecule has 3 unspecified atom stereocenters. The molecule has 4 rings (SSSR count). The van der Waals surface area contributed by atoms with Gasteiger partial charge in [0.1, 0.15) is 0 Å². The number of nitrogens with zero attached hydrogens (tertiary/aromatic N) is 2. The molecule has 1 aliphatic rings. The van der Waals surface area contributed by atoms with E-state index in [1.165, 1.54) is 0 Å². The van der Waals surface area contributed by atoms with Crippen LogP contribution in [0.25, 0.3) is 0 Å². The summed E-state index contributed by atoms with van der Waals surface area (Å²) < 4.78 is 1.95. The Morgan fingerprint density at radius 2 is 1.50 bits per heavy atom. The normalized spacial score (nSPS) is 24.3. The van der Waals surface area contributed by atoms with Crippen molar-refractivity contribution in [2.45, 2.75) is 17.7 Å². The lowest BCUT2D eigenvalue weighted by atomic mass is 9.75. The van der Waals surface area contributed by atoms with E-state index in [1.54, 1.807) is 0 Å². The molecule has 5 heteroatoms. The van der Waals surface area contributed by atoms with E-state index in [-0.39, 0.29) is 5.92 Å². The Bertz CT molecular complexity index is 1030. The summed E-state index contributed by atoms with van der Waals surface area (Å²) in [6.45, 7) is 0. The fraction of sp³-hybridized carbons (Fsp3) is 0.130. The summed E-state index contributed by atoms with van der Waals surface area (Å²) in [7, 11) is 0. The van der Waals surface area contributed by atoms with Crippen molar-refractivity contribution in [1.29, 1.82) is 5.26 Å². The van der Waals surface area contributed by atoms with Gasteiger partial charge in [0.05, 0.1) is 22.6 Å². The highest BCUT2D eigenvalue weighted by Crippen LogP contribution is 2.47. The molecule has 2 N–H and O–H groups in total. The van der Waals surface area contributed by atoms with Crippen molar-refractivity contribution in [2.24, 2.45) is 0 Å². The van der Waals surface area contributed by atoms with Crippen LogP contribution in [0, 0.1) is 11.3 Å². The molecule has 0 fully saturated rings. The summed E-state index contributed by atoms with van der Waals surface area (Å²) in [4.78, 5) is 0. The molecule has 2 heterocycles. The van der Waals surface area contributed by atoms with Crippen LogP contribution in [-0.2, 0) is 5.72 Å². The van der Waals surface area contributed by atoms with Crippen LogP contribution in [0.3, 0.4) is 0 Å². The van der Waals surface area contributed by atoms with Crippen molar-refractivity contribution in [3.05, 3.63) is 113 Å². The van der Waals surface area contributed by atoms with Crippen molar-refractivity contribution >= 4 is 12.6 Å². The van der Waals surface area contributed by atoms with Gasteiger partial charge in [-0.25, -0.2) is 0 Å². The molecule has 1 aromatic heterocycles. The molecular formula is C23H20N3OS+. The first kappa shape index (κ1) is 18.3. The van der Waals surface area contributed by atoms with Gasteiger partial charge in [-0.2, -0.15) is 9.83 Å².